The molecule has 0 fully saturated rings. The van der Waals surface area contributed by atoms with Crippen molar-refractivity contribution in [3.63, 3.8) is 0 Å². The van der Waals surface area contributed by atoms with Gasteiger partial charge in [-0.3, -0.25) is 0 Å². The fourth-order valence-corrected chi connectivity index (χ4v) is 2.25. The molecule has 1 N–H and O–H groups in total. The number of fused-ring (bicyclic) bond motifs is 1. The van der Waals surface area contributed by atoms with Crippen LogP contribution in [0.4, 0.5) is 5.69 Å². The Hall–Kier alpha value is -1.24. The van der Waals surface area contributed by atoms with Crippen molar-refractivity contribution in [3.05, 3.63) is 42.5 Å². The van der Waals surface area contributed by atoms with Crippen LogP contribution in [0, 0.1) is 0 Å². The first-order valence-corrected chi connectivity index (χ1v) is 5.27. The summed E-state index contributed by atoms with van der Waals surface area (Å²) in [7, 11) is 0. The molecule has 1 nitrogen and oxygen atoms in total. The third kappa shape index (κ3) is 1.67. The van der Waals surface area contributed by atoms with Gasteiger partial charge >= 0.3 is 0 Å². The van der Waals surface area contributed by atoms with Crippen LogP contribution in [0.1, 0.15) is 31.2 Å². The number of hydrogen-bond acceptors (Lipinski definition) is 1. The van der Waals surface area contributed by atoms with E-state index >= 15 is 0 Å². The lowest BCUT2D eigenvalue weighted by Gasteiger charge is -2.30. The van der Waals surface area contributed by atoms with Crippen LogP contribution in [0.25, 0.3) is 0 Å². The minimum absolute atomic E-state index is 0.567. The zero-order valence-electron chi connectivity index (χ0n) is 8.66. The van der Waals surface area contributed by atoms with Crippen molar-refractivity contribution in [1.82, 2.24) is 0 Å². The minimum atomic E-state index is 0.567. The number of para-hydroxylation sites is 1. The van der Waals surface area contributed by atoms with Gasteiger partial charge in [-0.25, -0.2) is 0 Å². The molecular weight excluding hydrogens is 170 g/mol. The molecule has 1 aliphatic heterocycles. The molecule has 0 amide bonds. The summed E-state index contributed by atoms with van der Waals surface area (Å²) in [6, 6.07) is 9.16. The van der Waals surface area contributed by atoms with Crippen molar-refractivity contribution >= 4 is 5.69 Å². The molecule has 1 aromatic rings. The number of benzene rings is 1. The van der Waals surface area contributed by atoms with Gasteiger partial charge in [-0.15, -0.1) is 6.58 Å². The Labute approximate surface area is 85.8 Å². The number of hydrogen-bond donors (Lipinski definition) is 1. The van der Waals surface area contributed by atoms with Crippen LogP contribution in [-0.4, -0.2) is 6.04 Å². The van der Waals surface area contributed by atoms with Gasteiger partial charge in [-0.1, -0.05) is 31.2 Å². The van der Waals surface area contributed by atoms with E-state index in [-0.39, 0.29) is 0 Å². The third-order valence-electron chi connectivity index (χ3n) is 2.94. The van der Waals surface area contributed by atoms with Crippen LogP contribution < -0.4 is 5.32 Å². The molecule has 0 aliphatic carbocycles. The maximum atomic E-state index is 3.80. The summed E-state index contributed by atoms with van der Waals surface area (Å²) in [5.74, 6) is 0.664. The van der Waals surface area contributed by atoms with Crippen molar-refractivity contribution in [2.24, 2.45) is 0 Å². The minimum Gasteiger partial charge on any atom is -0.382 e. The smallest absolute Gasteiger partial charge is 0.0377 e. The van der Waals surface area contributed by atoms with Crippen molar-refractivity contribution < 1.29 is 0 Å². The molecule has 0 radical (unpaired) electrons. The topological polar surface area (TPSA) is 12.0 Å². The van der Waals surface area contributed by atoms with Gasteiger partial charge in [0.05, 0.1) is 0 Å². The van der Waals surface area contributed by atoms with Crippen LogP contribution in [-0.2, 0) is 0 Å². The predicted molar refractivity (Wildman–Crippen MR) is 61.7 cm³/mol. The Balaban J connectivity index is 2.24. The van der Waals surface area contributed by atoms with Crippen LogP contribution >= 0.6 is 0 Å². The van der Waals surface area contributed by atoms with Gasteiger partial charge < -0.3 is 5.32 Å². The van der Waals surface area contributed by atoms with Gasteiger partial charge in [0.1, 0.15) is 0 Å². The Morgan fingerprint density at radius 3 is 3.07 bits per heavy atom. The monoisotopic (exact) mass is 187 g/mol. The van der Waals surface area contributed by atoms with Crippen molar-refractivity contribution in [2.75, 3.05) is 5.32 Å². The predicted octanol–water partition coefficient (Wildman–Crippen LogP) is 3.55. The van der Waals surface area contributed by atoms with E-state index in [0.717, 1.165) is 6.42 Å². The largest absolute Gasteiger partial charge is 0.382 e. The second-order valence-corrected chi connectivity index (χ2v) is 4.09. The second kappa shape index (κ2) is 3.87. The molecule has 1 aromatic carbocycles. The van der Waals surface area contributed by atoms with Gasteiger partial charge in [0, 0.05) is 11.7 Å². The van der Waals surface area contributed by atoms with Gasteiger partial charge in [-0.05, 0) is 30.4 Å². The third-order valence-corrected chi connectivity index (χ3v) is 2.94. The highest BCUT2D eigenvalue weighted by Gasteiger charge is 2.21. The van der Waals surface area contributed by atoms with Crippen LogP contribution in [0.2, 0.25) is 0 Å². The van der Waals surface area contributed by atoms with Crippen LogP contribution in [0.5, 0.6) is 0 Å². The zero-order valence-corrected chi connectivity index (χ0v) is 8.66. The summed E-state index contributed by atoms with van der Waals surface area (Å²) in [6.07, 6.45) is 4.26. The zero-order chi connectivity index (χ0) is 9.97. The van der Waals surface area contributed by atoms with E-state index in [2.05, 4.69) is 43.1 Å². The Morgan fingerprint density at radius 2 is 2.29 bits per heavy atom. The summed E-state index contributed by atoms with van der Waals surface area (Å²) in [5.41, 5.74) is 2.76. The molecule has 14 heavy (non-hydrogen) atoms. The number of anilines is 1. The lowest BCUT2D eigenvalue weighted by atomic mass is 9.87. The Bertz CT molecular complexity index is 330. The standard InChI is InChI=1S/C13H17N/c1-3-6-11-9-10(2)12-7-4-5-8-13(12)14-11/h3-5,7-8,10-11,14H,1,6,9H2,2H3/t10-,11-/m1/s1. The summed E-state index contributed by atoms with van der Waals surface area (Å²) < 4.78 is 0. The van der Waals surface area contributed by atoms with E-state index in [1.807, 2.05) is 6.08 Å². The lowest BCUT2D eigenvalue weighted by molar-refractivity contribution is 0.563. The first-order valence-electron chi connectivity index (χ1n) is 5.27. The fourth-order valence-electron chi connectivity index (χ4n) is 2.25. The van der Waals surface area contributed by atoms with Gasteiger partial charge in [0.25, 0.3) is 0 Å². The van der Waals surface area contributed by atoms with E-state index < -0.39 is 0 Å². The molecule has 1 heterocycles. The molecule has 74 valence electrons. The van der Waals surface area contributed by atoms with E-state index in [4.69, 9.17) is 0 Å². The molecule has 0 saturated heterocycles. The fraction of sp³-hybridized carbons (Fsp3) is 0.385. The molecular formula is C13H17N. The lowest BCUT2D eigenvalue weighted by Crippen LogP contribution is -2.26. The van der Waals surface area contributed by atoms with Gasteiger partial charge in [-0.2, -0.15) is 0 Å². The average Bonchev–Trinajstić information content (AvgIpc) is 2.18. The molecule has 1 heteroatoms. The normalized spacial score (nSPS) is 24.9. The van der Waals surface area contributed by atoms with Gasteiger partial charge in [0.2, 0.25) is 0 Å². The van der Waals surface area contributed by atoms with Crippen molar-refractivity contribution in [3.8, 4) is 0 Å². The molecule has 2 atom stereocenters. The first kappa shape index (κ1) is 9.32. The number of rotatable bonds is 2. The quantitative estimate of drug-likeness (QED) is 0.698. The second-order valence-electron chi connectivity index (χ2n) is 4.09. The van der Waals surface area contributed by atoms with E-state index in [9.17, 15) is 0 Å². The first-order chi connectivity index (χ1) is 6.81. The summed E-state index contributed by atoms with van der Waals surface area (Å²) in [5, 5.41) is 3.56. The maximum Gasteiger partial charge on any atom is 0.0377 e. The summed E-state index contributed by atoms with van der Waals surface area (Å²) >= 11 is 0. The van der Waals surface area contributed by atoms with Crippen molar-refractivity contribution in [2.45, 2.75) is 31.7 Å². The Kier molecular flexibility index (Phi) is 2.58. The van der Waals surface area contributed by atoms with E-state index in [0.29, 0.717) is 12.0 Å². The molecule has 0 bridgehead atoms. The highest BCUT2D eigenvalue weighted by molar-refractivity contribution is 5.55. The average molecular weight is 187 g/mol. The highest BCUT2D eigenvalue weighted by atomic mass is 14.9. The number of nitrogens with one attached hydrogen (secondary N) is 1. The van der Waals surface area contributed by atoms with Crippen LogP contribution in [0.15, 0.2) is 36.9 Å². The van der Waals surface area contributed by atoms with Crippen molar-refractivity contribution in [1.29, 1.82) is 0 Å². The van der Waals surface area contributed by atoms with E-state index in [1.54, 1.807) is 0 Å². The van der Waals surface area contributed by atoms with Crippen LogP contribution in [0.3, 0.4) is 0 Å². The maximum absolute atomic E-state index is 3.80. The molecule has 1 aliphatic rings. The van der Waals surface area contributed by atoms with E-state index in [1.165, 1.54) is 17.7 Å². The molecule has 2 rings (SSSR count). The highest BCUT2D eigenvalue weighted by Crippen LogP contribution is 2.34. The molecule has 0 unspecified atom stereocenters. The van der Waals surface area contributed by atoms with Gasteiger partial charge in [0.15, 0.2) is 0 Å². The SMILES string of the molecule is C=CC[C@@H]1C[C@@H](C)c2ccccc2N1. The Morgan fingerprint density at radius 1 is 1.50 bits per heavy atom. The summed E-state index contributed by atoms with van der Waals surface area (Å²) in [4.78, 5) is 0. The molecule has 0 spiro atoms. The molecule has 0 saturated carbocycles. The molecule has 0 aromatic heterocycles. The summed E-state index contributed by atoms with van der Waals surface area (Å²) in [6.45, 7) is 6.10.